The minimum absolute atomic E-state index is 0.0288. The van der Waals surface area contributed by atoms with Crippen LogP contribution >= 0.6 is 0 Å². The minimum Gasteiger partial charge on any atom is -0.494 e. The Hall–Kier alpha value is -2.50. The maximum atomic E-state index is 12.7. The molecule has 25 heavy (non-hydrogen) atoms. The first kappa shape index (κ1) is 17.3. The number of rotatable bonds is 5. The Morgan fingerprint density at radius 1 is 1.40 bits per heavy atom. The molecule has 1 N–H and O–H groups in total. The van der Waals surface area contributed by atoms with E-state index in [9.17, 15) is 4.79 Å². The predicted octanol–water partition coefficient (Wildman–Crippen LogP) is 4.57. The normalized spacial score (nSPS) is 17.1. The molecule has 1 aromatic carbocycles. The van der Waals surface area contributed by atoms with Gasteiger partial charge in [-0.1, -0.05) is 19.0 Å². The Morgan fingerprint density at radius 2 is 2.16 bits per heavy atom. The molecule has 0 radical (unpaired) electrons. The van der Waals surface area contributed by atoms with Crippen molar-refractivity contribution in [3.8, 4) is 5.75 Å². The molecule has 6 heteroatoms. The van der Waals surface area contributed by atoms with Crippen molar-refractivity contribution in [3.63, 3.8) is 0 Å². The second-order valence-electron chi connectivity index (χ2n) is 6.55. The van der Waals surface area contributed by atoms with E-state index in [2.05, 4.69) is 24.3 Å². The number of benzene rings is 1. The van der Waals surface area contributed by atoms with Crippen LogP contribution in [0.4, 0.5) is 10.5 Å². The maximum absolute atomic E-state index is 12.7. The first-order chi connectivity index (χ1) is 12.1. The van der Waals surface area contributed by atoms with Crippen LogP contribution in [0.2, 0.25) is 0 Å². The maximum Gasteiger partial charge on any atom is 0.322 e. The summed E-state index contributed by atoms with van der Waals surface area (Å²) < 4.78 is 10.8. The van der Waals surface area contributed by atoms with Crippen LogP contribution < -0.4 is 10.1 Å². The van der Waals surface area contributed by atoms with E-state index in [0.717, 1.165) is 42.3 Å². The Kier molecular flexibility index (Phi) is 5.26. The monoisotopic (exact) mass is 343 g/mol. The number of ether oxygens (including phenoxy) is 1. The molecule has 6 nitrogen and oxygen atoms in total. The summed E-state index contributed by atoms with van der Waals surface area (Å²) in [6, 6.07) is 9.24. The standard InChI is InChI=1S/C19H25N3O3/c1-4-24-15-9-7-14(8-10-15)20-19(23)22-11-5-6-17(22)16-12-18(13(2)3)25-21-16/h7-10,12-13,17H,4-6,11H2,1-3H3,(H,20,23)/t17-/m0/s1. The third-order valence-corrected chi connectivity index (χ3v) is 4.39. The molecule has 2 amide bonds. The summed E-state index contributed by atoms with van der Waals surface area (Å²) in [7, 11) is 0. The van der Waals surface area contributed by atoms with Gasteiger partial charge in [-0.3, -0.25) is 0 Å². The lowest BCUT2D eigenvalue weighted by Gasteiger charge is -2.23. The van der Waals surface area contributed by atoms with Gasteiger partial charge in [0.15, 0.2) is 0 Å². The van der Waals surface area contributed by atoms with Crippen LogP contribution in [0.1, 0.15) is 57.0 Å². The van der Waals surface area contributed by atoms with Gasteiger partial charge >= 0.3 is 6.03 Å². The van der Waals surface area contributed by atoms with Crippen LogP contribution in [0.15, 0.2) is 34.9 Å². The number of hydrogen-bond donors (Lipinski definition) is 1. The minimum atomic E-state index is -0.110. The number of hydrogen-bond acceptors (Lipinski definition) is 4. The topological polar surface area (TPSA) is 67.6 Å². The molecule has 1 fully saturated rings. The molecular weight excluding hydrogens is 318 g/mol. The first-order valence-electron chi connectivity index (χ1n) is 8.85. The molecule has 1 atom stereocenters. The SMILES string of the molecule is CCOc1ccc(NC(=O)N2CCC[C@H]2c2cc(C(C)C)on2)cc1. The van der Waals surface area contributed by atoms with Gasteiger partial charge in [0.05, 0.1) is 12.6 Å². The van der Waals surface area contributed by atoms with E-state index in [1.807, 2.05) is 42.2 Å². The Balaban J connectivity index is 1.67. The van der Waals surface area contributed by atoms with Gasteiger partial charge in [-0.2, -0.15) is 0 Å². The van der Waals surface area contributed by atoms with Gasteiger partial charge in [0.25, 0.3) is 0 Å². The number of anilines is 1. The lowest BCUT2D eigenvalue weighted by atomic mass is 10.1. The second-order valence-corrected chi connectivity index (χ2v) is 6.55. The number of nitrogens with one attached hydrogen (secondary N) is 1. The van der Waals surface area contributed by atoms with Gasteiger partial charge in [-0.05, 0) is 44.0 Å². The van der Waals surface area contributed by atoms with Gasteiger partial charge in [-0.25, -0.2) is 4.79 Å². The third kappa shape index (κ3) is 3.95. The van der Waals surface area contributed by atoms with Crippen molar-refractivity contribution >= 4 is 11.7 Å². The Labute approximate surface area is 148 Å². The third-order valence-electron chi connectivity index (χ3n) is 4.39. The molecule has 2 heterocycles. The van der Waals surface area contributed by atoms with E-state index < -0.39 is 0 Å². The van der Waals surface area contributed by atoms with E-state index >= 15 is 0 Å². The van der Waals surface area contributed by atoms with Crippen molar-refractivity contribution in [2.24, 2.45) is 0 Å². The lowest BCUT2D eigenvalue weighted by molar-refractivity contribution is 0.204. The summed E-state index contributed by atoms with van der Waals surface area (Å²) in [4.78, 5) is 14.5. The van der Waals surface area contributed by atoms with E-state index in [1.165, 1.54) is 0 Å². The number of urea groups is 1. The first-order valence-corrected chi connectivity index (χ1v) is 8.85. The fraction of sp³-hybridized carbons (Fsp3) is 0.474. The highest BCUT2D eigenvalue weighted by molar-refractivity contribution is 5.89. The van der Waals surface area contributed by atoms with Crippen molar-refractivity contribution in [3.05, 3.63) is 41.8 Å². The molecule has 1 saturated heterocycles. The van der Waals surface area contributed by atoms with E-state index in [0.29, 0.717) is 6.61 Å². The highest BCUT2D eigenvalue weighted by Crippen LogP contribution is 2.33. The number of carbonyl (C=O) groups is 1. The predicted molar refractivity (Wildman–Crippen MR) is 95.9 cm³/mol. The summed E-state index contributed by atoms with van der Waals surface area (Å²) in [5.74, 6) is 1.94. The summed E-state index contributed by atoms with van der Waals surface area (Å²) >= 11 is 0. The van der Waals surface area contributed by atoms with Crippen molar-refractivity contribution in [2.75, 3.05) is 18.5 Å². The molecule has 0 unspecified atom stereocenters. The van der Waals surface area contributed by atoms with Crippen molar-refractivity contribution < 1.29 is 14.1 Å². The summed E-state index contributed by atoms with van der Waals surface area (Å²) in [5.41, 5.74) is 1.59. The molecule has 1 aliphatic rings. The molecule has 0 spiro atoms. The van der Waals surface area contributed by atoms with Crippen molar-refractivity contribution in [1.29, 1.82) is 0 Å². The van der Waals surface area contributed by atoms with E-state index in [1.54, 1.807) is 0 Å². The average Bonchev–Trinajstić information content (AvgIpc) is 3.25. The summed E-state index contributed by atoms with van der Waals surface area (Å²) in [6.45, 7) is 7.41. The van der Waals surface area contributed by atoms with Gasteiger partial charge in [0, 0.05) is 24.2 Å². The summed E-state index contributed by atoms with van der Waals surface area (Å²) in [5, 5.41) is 7.13. The molecule has 2 aromatic rings. The largest absolute Gasteiger partial charge is 0.494 e. The van der Waals surface area contributed by atoms with E-state index in [-0.39, 0.29) is 18.0 Å². The summed E-state index contributed by atoms with van der Waals surface area (Å²) in [6.07, 6.45) is 1.87. The number of nitrogens with zero attached hydrogens (tertiary/aromatic N) is 2. The molecule has 134 valence electrons. The van der Waals surface area contributed by atoms with Crippen molar-refractivity contribution in [1.82, 2.24) is 10.1 Å². The van der Waals surface area contributed by atoms with Gasteiger partial charge < -0.3 is 19.5 Å². The van der Waals surface area contributed by atoms with Crippen LogP contribution in [0.25, 0.3) is 0 Å². The highest BCUT2D eigenvalue weighted by atomic mass is 16.5. The van der Waals surface area contributed by atoms with Crippen LogP contribution in [-0.4, -0.2) is 29.2 Å². The van der Waals surface area contributed by atoms with Crippen LogP contribution in [0, 0.1) is 0 Å². The molecule has 0 aliphatic carbocycles. The van der Waals surface area contributed by atoms with Gasteiger partial charge in [-0.15, -0.1) is 0 Å². The fourth-order valence-electron chi connectivity index (χ4n) is 3.05. The van der Waals surface area contributed by atoms with Crippen LogP contribution in [0.5, 0.6) is 5.75 Å². The number of aromatic nitrogens is 1. The van der Waals surface area contributed by atoms with Gasteiger partial charge in [0.2, 0.25) is 0 Å². The van der Waals surface area contributed by atoms with E-state index in [4.69, 9.17) is 9.26 Å². The zero-order chi connectivity index (χ0) is 17.8. The molecular formula is C19H25N3O3. The van der Waals surface area contributed by atoms with Gasteiger partial charge in [0.1, 0.15) is 17.2 Å². The number of amides is 2. The van der Waals surface area contributed by atoms with Crippen LogP contribution in [0.3, 0.4) is 0 Å². The second kappa shape index (κ2) is 7.59. The molecule has 1 aliphatic heterocycles. The smallest absolute Gasteiger partial charge is 0.322 e. The Morgan fingerprint density at radius 3 is 2.80 bits per heavy atom. The zero-order valence-corrected chi connectivity index (χ0v) is 15.0. The number of likely N-dealkylation sites (tertiary alicyclic amines) is 1. The highest BCUT2D eigenvalue weighted by Gasteiger charge is 2.32. The fourth-order valence-corrected chi connectivity index (χ4v) is 3.05. The van der Waals surface area contributed by atoms with Crippen molar-refractivity contribution in [2.45, 2.75) is 45.6 Å². The molecule has 1 aromatic heterocycles. The number of carbonyl (C=O) groups excluding carboxylic acids is 1. The van der Waals surface area contributed by atoms with Crippen LogP contribution in [-0.2, 0) is 0 Å². The molecule has 0 saturated carbocycles. The Bertz CT molecular complexity index is 709. The molecule has 3 rings (SSSR count). The average molecular weight is 343 g/mol. The molecule has 0 bridgehead atoms. The zero-order valence-electron chi connectivity index (χ0n) is 15.0. The quantitative estimate of drug-likeness (QED) is 0.864. The lowest BCUT2D eigenvalue weighted by Crippen LogP contribution is -2.34.